The van der Waals surface area contributed by atoms with Crippen molar-refractivity contribution in [2.45, 2.75) is 33.4 Å². The first kappa shape index (κ1) is 23.4. The number of guanidine groups is 1. The summed E-state index contributed by atoms with van der Waals surface area (Å²) < 4.78 is 40.6. The lowest BCUT2D eigenvalue weighted by Gasteiger charge is -2.13. The fraction of sp³-hybridized carbons (Fsp3) is 0.444. The third-order valence-corrected chi connectivity index (χ3v) is 4.69. The Labute approximate surface area is 188 Å². The average Bonchev–Trinajstić information content (AvgIpc) is 3.27. The molecule has 2 aromatic rings. The van der Waals surface area contributed by atoms with Crippen LogP contribution < -0.4 is 24.8 Å². The number of nitrogens with one attached hydrogen (secondary N) is 2. The zero-order chi connectivity index (χ0) is 19.9. The lowest BCUT2D eigenvalue weighted by Crippen LogP contribution is -2.38. The van der Waals surface area contributed by atoms with E-state index in [-0.39, 0.29) is 43.1 Å². The van der Waals surface area contributed by atoms with Crippen LogP contribution in [0.3, 0.4) is 0 Å². The normalized spacial score (nSPS) is 12.7. The molecule has 1 aliphatic heterocycles. The molecule has 2 heterocycles. The molecule has 0 atom stereocenters. The maximum absolute atomic E-state index is 12.7. The van der Waals surface area contributed by atoms with Crippen LogP contribution in [0.15, 0.2) is 22.5 Å². The molecule has 3 rings (SSSR count). The predicted octanol–water partition coefficient (Wildman–Crippen LogP) is 3.70. The van der Waals surface area contributed by atoms with E-state index < -0.39 is 6.61 Å². The van der Waals surface area contributed by atoms with Crippen LogP contribution in [0.4, 0.5) is 8.78 Å². The van der Waals surface area contributed by atoms with Gasteiger partial charge in [0.15, 0.2) is 17.5 Å². The van der Waals surface area contributed by atoms with Gasteiger partial charge in [-0.05, 0) is 19.9 Å². The minimum Gasteiger partial charge on any atom is -0.454 e. The van der Waals surface area contributed by atoms with Crippen molar-refractivity contribution in [1.82, 2.24) is 15.6 Å². The molecule has 1 aromatic heterocycles. The van der Waals surface area contributed by atoms with E-state index in [1.165, 1.54) is 6.07 Å². The molecule has 29 heavy (non-hydrogen) atoms. The Morgan fingerprint density at radius 3 is 2.72 bits per heavy atom. The van der Waals surface area contributed by atoms with E-state index in [1.54, 1.807) is 17.4 Å². The van der Waals surface area contributed by atoms with Gasteiger partial charge in [0.25, 0.3) is 0 Å². The third-order valence-electron chi connectivity index (χ3n) is 3.86. The van der Waals surface area contributed by atoms with E-state index in [0.29, 0.717) is 36.1 Å². The highest BCUT2D eigenvalue weighted by atomic mass is 127. The lowest BCUT2D eigenvalue weighted by atomic mass is 10.1. The highest BCUT2D eigenvalue weighted by Crippen LogP contribution is 2.39. The van der Waals surface area contributed by atoms with Crippen molar-refractivity contribution in [3.05, 3.63) is 33.8 Å². The Balaban J connectivity index is 0.00000300. The molecule has 0 saturated heterocycles. The molecule has 1 aliphatic rings. The molecule has 0 saturated carbocycles. The average molecular weight is 540 g/mol. The minimum atomic E-state index is -2.93. The predicted molar refractivity (Wildman–Crippen MR) is 118 cm³/mol. The fourth-order valence-electron chi connectivity index (χ4n) is 2.63. The Bertz CT molecular complexity index is 835. The van der Waals surface area contributed by atoms with Crippen molar-refractivity contribution in [2.24, 2.45) is 4.99 Å². The number of hydrogen-bond donors (Lipinski definition) is 2. The third kappa shape index (κ3) is 6.84. The van der Waals surface area contributed by atoms with Gasteiger partial charge < -0.3 is 24.8 Å². The first-order valence-corrected chi connectivity index (χ1v) is 9.73. The maximum atomic E-state index is 12.7. The number of aryl methyl sites for hydroxylation is 1. The number of nitrogens with zero attached hydrogens (tertiary/aromatic N) is 2. The second kappa shape index (κ2) is 11.3. The SMILES string of the molecule is CCNC(=NCc1cc2c(cc1OC(F)F)OCO2)NCCc1csc(C)n1.I. The van der Waals surface area contributed by atoms with Gasteiger partial charge in [-0.15, -0.1) is 35.3 Å². The first-order chi connectivity index (χ1) is 13.5. The largest absolute Gasteiger partial charge is 0.454 e. The summed E-state index contributed by atoms with van der Waals surface area (Å²) in [6, 6.07) is 3.02. The van der Waals surface area contributed by atoms with Crippen LogP contribution in [0.5, 0.6) is 17.2 Å². The Morgan fingerprint density at radius 1 is 1.31 bits per heavy atom. The number of ether oxygens (including phenoxy) is 3. The quantitative estimate of drug-likeness (QED) is 0.302. The second-order valence-electron chi connectivity index (χ2n) is 5.92. The molecule has 0 unspecified atom stereocenters. The Hall–Kier alpha value is -1.89. The molecule has 0 spiro atoms. The zero-order valence-corrected chi connectivity index (χ0v) is 19.2. The van der Waals surface area contributed by atoms with Gasteiger partial charge in [0.05, 0.1) is 17.2 Å². The van der Waals surface area contributed by atoms with Crippen molar-refractivity contribution in [3.63, 3.8) is 0 Å². The maximum Gasteiger partial charge on any atom is 0.387 e. The van der Waals surface area contributed by atoms with Crippen LogP contribution in [-0.4, -0.2) is 37.4 Å². The molecular weight excluding hydrogens is 517 g/mol. The number of halogens is 3. The van der Waals surface area contributed by atoms with Crippen molar-refractivity contribution in [1.29, 1.82) is 0 Å². The number of aromatic nitrogens is 1. The van der Waals surface area contributed by atoms with Crippen molar-refractivity contribution < 1.29 is 23.0 Å². The summed E-state index contributed by atoms with van der Waals surface area (Å²) in [6.45, 7) is 2.50. The first-order valence-electron chi connectivity index (χ1n) is 8.85. The zero-order valence-electron chi connectivity index (χ0n) is 16.0. The van der Waals surface area contributed by atoms with Crippen LogP contribution in [0.1, 0.15) is 23.2 Å². The molecule has 11 heteroatoms. The molecule has 160 valence electrons. The number of alkyl halides is 2. The van der Waals surface area contributed by atoms with E-state index in [2.05, 4.69) is 25.3 Å². The van der Waals surface area contributed by atoms with Crippen LogP contribution in [0, 0.1) is 6.92 Å². The van der Waals surface area contributed by atoms with Crippen molar-refractivity contribution in [2.75, 3.05) is 19.9 Å². The Morgan fingerprint density at radius 2 is 2.07 bits per heavy atom. The van der Waals surface area contributed by atoms with Crippen molar-refractivity contribution in [3.8, 4) is 17.2 Å². The van der Waals surface area contributed by atoms with Gasteiger partial charge in [0, 0.05) is 36.5 Å². The second-order valence-corrected chi connectivity index (χ2v) is 6.98. The van der Waals surface area contributed by atoms with E-state index >= 15 is 0 Å². The molecule has 1 aromatic carbocycles. The van der Waals surface area contributed by atoms with Gasteiger partial charge in [-0.1, -0.05) is 0 Å². The topological polar surface area (TPSA) is 77.0 Å². The summed E-state index contributed by atoms with van der Waals surface area (Å²) in [6.07, 6.45) is 0.762. The highest BCUT2D eigenvalue weighted by Gasteiger charge is 2.20. The molecule has 2 N–H and O–H groups in total. The van der Waals surface area contributed by atoms with Gasteiger partial charge in [0.1, 0.15) is 5.75 Å². The van der Waals surface area contributed by atoms with Crippen LogP contribution >= 0.6 is 35.3 Å². The summed E-state index contributed by atoms with van der Waals surface area (Å²) in [7, 11) is 0. The summed E-state index contributed by atoms with van der Waals surface area (Å²) in [5, 5.41) is 9.41. The number of benzene rings is 1. The number of fused-ring (bicyclic) bond motifs is 1. The number of aliphatic imine (C=N–C) groups is 1. The van der Waals surface area contributed by atoms with E-state index in [1.807, 2.05) is 19.2 Å². The molecular formula is C18H23F2IN4O3S. The molecule has 0 radical (unpaired) electrons. The summed E-state index contributed by atoms with van der Waals surface area (Å²) in [5.74, 6) is 1.47. The van der Waals surface area contributed by atoms with Gasteiger partial charge in [-0.2, -0.15) is 8.78 Å². The van der Waals surface area contributed by atoms with E-state index in [9.17, 15) is 8.78 Å². The monoisotopic (exact) mass is 540 g/mol. The molecule has 0 fully saturated rings. The number of rotatable bonds is 8. The van der Waals surface area contributed by atoms with Crippen LogP contribution in [0.25, 0.3) is 0 Å². The van der Waals surface area contributed by atoms with Crippen LogP contribution in [-0.2, 0) is 13.0 Å². The fourth-order valence-corrected chi connectivity index (χ4v) is 3.28. The molecule has 7 nitrogen and oxygen atoms in total. The standard InChI is InChI=1S/C18H22F2N4O3S.HI/c1-3-21-18(22-5-4-13-9-28-11(2)24-13)23-8-12-6-15-16(26-10-25-15)7-14(12)27-17(19)20;/h6-7,9,17H,3-5,8,10H2,1-2H3,(H2,21,22,23);1H. The van der Waals surface area contributed by atoms with Gasteiger partial charge in [0.2, 0.25) is 6.79 Å². The molecule has 0 bridgehead atoms. The van der Waals surface area contributed by atoms with Crippen molar-refractivity contribution >= 4 is 41.3 Å². The summed E-state index contributed by atoms with van der Waals surface area (Å²) >= 11 is 1.62. The van der Waals surface area contributed by atoms with E-state index in [4.69, 9.17) is 9.47 Å². The van der Waals surface area contributed by atoms with E-state index in [0.717, 1.165) is 17.1 Å². The number of thiazole rings is 1. The number of hydrogen-bond acceptors (Lipinski definition) is 6. The van der Waals surface area contributed by atoms with Gasteiger partial charge in [-0.3, -0.25) is 0 Å². The molecule has 0 amide bonds. The van der Waals surface area contributed by atoms with Crippen LogP contribution in [0.2, 0.25) is 0 Å². The lowest BCUT2D eigenvalue weighted by molar-refractivity contribution is -0.0505. The minimum absolute atomic E-state index is 0. The smallest absolute Gasteiger partial charge is 0.387 e. The molecule has 0 aliphatic carbocycles. The summed E-state index contributed by atoms with van der Waals surface area (Å²) in [5.41, 5.74) is 1.51. The van der Waals surface area contributed by atoms with Gasteiger partial charge in [-0.25, -0.2) is 9.98 Å². The van der Waals surface area contributed by atoms with Gasteiger partial charge >= 0.3 is 6.61 Å². The summed E-state index contributed by atoms with van der Waals surface area (Å²) in [4.78, 5) is 8.89. The highest BCUT2D eigenvalue weighted by molar-refractivity contribution is 14.0. The Kier molecular flexibility index (Phi) is 9.14.